The van der Waals surface area contributed by atoms with Gasteiger partial charge in [0.25, 0.3) is 5.91 Å². The van der Waals surface area contributed by atoms with Gasteiger partial charge in [-0.1, -0.05) is 0 Å². The molecule has 8 heteroatoms. The van der Waals surface area contributed by atoms with Crippen molar-refractivity contribution in [1.29, 1.82) is 0 Å². The molecule has 7 nitrogen and oxygen atoms in total. The Morgan fingerprint density at radius 3 is 2.64 bits per heavy atom. The van der Waals surface area contributed by atoms with Crippen molar-refractivity contribution in [2.45, 2.75) is 13.0 Å². The van der Waals surface area contributed by atoms with Gasteiger partial charge in [0.2, 0.25) is 5.91 Å². The Morgan fingerprint density at radius 1 is 1.32 bits per heavy atom. The number of anilines is 1. The lowest BCUT2D eigenvalue weighted by molar-refractivity contribution is -0.136. The highest BCUT2D eigenvalue weighted by Gasteiger charge is 2.55. The van der Waals surface area contributed by atoms with E-state index in [1.165, 1.54) is 0 Å². The number of amides is 2. The van der Waals surface area contributed by atoms with Gasteiger partial charge in [-0.25, -0.2) is 9.69 Å². The first-order valence-electron chi connectivity index (χ1n) is 6.68. The fourth-order valence-corrected chi connectivity index (χ4v) is 2.87. The Hall–Kier alpha value is -1.97. The van der Waals surface area contributed by atoms with Crippen LogP contribution in [-0.4, -0.2) is 36.1 Å². The van der Waals surface area contributed by atoms with Crippen LogP contribution in [0.15, 0.2) is 29.4 Å². The average molecular weight is 413 g/mol. The number of halogens is 1. The van der Waals surface area contributed by atoms with Crippen LogP contribution in [0.25, 0.3) is 0 Å². The second-order valence-corrected chi connectivity index (χ2v) is 6.04. The van der Waals surface area contributed by atoms with Gasteiger partial charge in [-0.3, -0.25) is 15.0 Å². The molecule has 1 fully saturated rings. The number of carbonyl (C=O) groups is 3. The van der Waals surface area contributed by atoms with Gasteiger partial charge >= 0.3 is 5.97 Å². The summed E-state index contributed by atoms with van der Waals surface area (Å²) >= 11 is 2.14. The molecule has 0 bridgehead atoms. The number of hydrazone groups is 1. The van der Waals surface area contributed by atoms with Crippen LogP contribution in [0.2, 0.25) is 0 Å². The molecule has 0 aliphatic carbocycles. The van der Waals surface area contributed by atoms with E-state index in [0.717, 1.165) is 8.47 Å². The van der Waals surface area contributed by atoms with E-state index in [1.54, 1.807) is 31.2 Å². The number of esters is 1. The van der Waals surface area contributed by atoms with Crippen LogP contribution in [0, 0.1) is 9.49 Å². The van der Waals surface area contributed by atoms with E-state index in [9.17, 15) is 14.4 Å². The second kappa shape index (κ2) is 5.67. The van der Waals surface area contributed by atoms with Crippen LogP contribution in [0.3, 0.4) is 0 Å². The number of nitrogens with one attached hydrogen (secondary N) is 1. The molecule has 0 saturated carbocycles. The predicted molar refractivity (Wildman–Crippen MR) is 86.1 cm³/mol. The van der Waals surface area contributed by atoms with Crippen LogP contribution < -0.4 is 10.3 Å². The molecule has 1 N–H and O–H groups in total. The quantitative estimate of drug-likeness (QED) is 0.447. The van der Waals surface area contributed by atoms with Crippen molar-refractivity contribution in [3.05, 3.63) is 27.8 Å². The maximum absolute atomic E-state index is 12.6. The number of imide groups is 1. The zero-order valence-corrected chi connectivity index (χ0v) is 13.7. The molecule has 2 heterocycles. The van der Waals surface area contributed by atoms with E-state index in [1.807, 2.05) is 0 Å². The van der Waals surface area contributed by atoms with Gasteiger partial charge in [-0.15, -0.1) is 0 Å². The lowest BCUT2D eigenvalue weighted by Crippen LogP contribution is -2.36. The Bertz CT molecular complexity index is 686. The molecule has 2 atom stereocenters. The highest BCUT2D eigenvalue weighted by atomic mass is 127. The third kappa shape index (κ3) is 2.27. The zero-order valence-electron chi connectivity index (χ0n) is 11.6. The largest absolute Gasteiger partial charge is 0.461 e. The van der Waals surface area contributed by atoms with Gasteiger partial charge in [0.05, 0.1) is 12.3 Å². The summed E-state index contributed by atoms with van der Waals surface area (Å²) in [5, 5.41) is 3.80. The fourth-order valence-electron chi connectivity index (χ4n) is 2.51. The molecule has 22 heavy (non-hydrogen) atoms. The minimum absolute atomic E-state index is 0.0433. The van der Waals surface area contributed by atoms with E-state index < -0.39 is 29.7 Å². The Kier molecular flexibility index (Phi) is 3.85. The molecule has 3 rings (SSSR count). The number of nitrogens with zero attached hydrogens (tertiary/aromatic N) is 2. The molecular weight excluding hydrogens is 401 g/mol. The van der Waals surface area contributed by atoms with Gasteiger partial charge < -0.3 is 4.74 Å². The standard InChI is InChI=1S/C14H12IN3O4/c1-2-22-14(21)11-9-10(16-17-11)13(20)18(12(9)19)8-5-3-7(15)4-6-8/h3-6,9-10,16H,2H2,1H3/t9-,10+/m1/s1. The van der Waals surface area contributed by atoms with Crippen molar-refractivity contribution in [2.24, 2.45) is 11.0 Å². The first-order chi connectivity index (χ1) is 10.5. The van der Waals surface area contributed by atoms with E-state index in [-0.39, 0.29) is 12.3 Å². The molecule has 2 amide bonds. The van der Waals surface area contributed by atoms with Crippen LogP contribution in [0.1, 0.15) is 6.92 Å². The van der Waals surface area contributed by atoms with Crippen LogP contribution in [0.4, 0.5) is 5.69 Å². The van der Waals surface area contributed by atoms with Gasteiger partial charge in [0.15, 0.2) is 5.71 Å². The van der Waals surface area contributed by atoms with E-state index >= 15 is 0 Å². The average Bonchev–Trinajstić information content (AvgIpc) is 3.03. The van der Waals surface area contributed by atoms with Gasteiger partial charge in [-0.2, -0.15) is 5.10 Å². The Labute approximate surface area is 139 Å². The zero-order chi connectivity index (χ0) is 15.9. The number of fused-ring (bicyclic) bond motifs is 1. The summed E-state index contributed by atoms with van der Waals surface area (Å²) in [5.41, 5.74) is 3.01. The molecule has 0 aromatic heterocycles. The van der Waals surface area contributed by atoms with Crippen molar-refractivity contribution in [3.8, 4) is 0 Å². The summed E-state index contributed by atoms with van der Waals surface area (Å²) in [4.78, 5) is 37.9. The van der Waals surface area contributed by atoms with Crippen molar-refractivity contribution < 1.29 is 19.1 Å². The topological polar surface area (TPSA) is 88.1 Å². The summed E-state index contributed by atoms with van der Waals surface area (Å²) in [5.74, 6) is -2.48. The Morgan fingerprint density at radius 2 is 2.00 bits per heavy atom. The van der Waals surface area contributed by atoms with Crippen molar-refractivity contribution in [1.82, 2.24) is 5.43 Å². The molecule has 1 saturated heterocycles. The Balaban J connectivity index is 1.91. The minimum Gasteiger partial charge on any atom is -0.461 e. The number of rotatable bonds is 3. The van der Waals surface area contributed by atoms with Crippen LogP contribution in [0.5, 0.6) is 0 Å². The van der Waals surface area contributed by atoms with E-state index in [0.29, 0.717) is 5.69 Å². The summed E-state index contributed by atoms with van der Waals surface area (Å²) < 4.78 is 5.87. The summed E-state index contributed by atoms with van der Waals surface area (Å²) in [6, 6.07) is 6.15. The minimum atomic E-state index is -0.925. The highest BCUT2D eigenvalue weighted by Crippen LogP contribution is 2.31. The smallest absolute Gasteiger partial charge is 0.355 e. The maximum Gasteiger partial charge on any atom is 0.355 e. The molecule has 114 valence electrons. The lowest BCUT2D eigenvalue weighted by atomic mass is 9.99. The first kappa shape index (κ1) is 14.9. The SMILES string of the molecule is CCOC(=O)C1=NN[C@@H]2C(=O)N(c3ccc(I)cc3)C(=O)[C@@H]12. The summed E-state index contributed by atoms with van der Waals surface area (Å²) in [6.45, 7) is 1.84. The van der Waals surface area contributed by atoms with Gasteiger partial charge in [0, 0.05) is 3.57 Å². The number of carbonyl (C=O) groups excluding carboxylic acids is 3. The highest BCUT2D eigenvalue weighted by molar-refractivity contribution is 14.1. The molecule has 1 aromatic rings. The molecule has 2 aliphatic heterocycles. The van der Waals surface area contributed by atoms with Gasteiger partial charge in [0.1, 0.15) is 12.0 Å². The number of benzene rings is 1. The molecule has 0 radical (unpaired) electrons. The molecular formula is C14H12IN3O4. The lowest BCUT2D eigenvalue weighted by Gasteiger charge is -2.15. The summed E-state index contributed by atoms with van der Waals surface area (Å²) in [7, 11) is 0. The fraction of sp³-hybridized carbons (Fsp3) is 0.286. The molecule has 0 spiro atoms. The van der Waals surface area contributed by atoms with Crippen LogP contribution in [-0.2, 0) is 19.1 Å². The van der Waals surface area contributed by atoms with Crippen molar-refractivity contribution >= 4 is 51.8 Å². The molecule has 1 aromatic carbocycles. The first-order valence-corrected chi connectivity index (χ1v) is 7.76. The van der Waals surface area contributed by atoms with Crippen molar-refractivity contribution in [2.75, 3.05) is 11.5 Å². The monoisotopic (exact) mass is 413 g/mol. The molecule has 2 aliphatic rings. The van der Waals surface area contributed by atoms with Gasteiger partial charge in [-0.05, 0) is 53.8 Å². The maximum atomic E-state index is 12.6. The van der Waals surface area contributed by atoms with E-state index in [2.05, 4.69) is 33.1 Å². The second-order valence-electron chi connectivity index (χ2n) is 4.79. The molecule has 0 unspecified atom stereocenters. The number of hydrogen-bond acceptors (Lipinski definition) is 6. The van der Waals surface area contributed by atoms with Crippen molar-refractivity contribution in [3.63, 3.8) is 0 Å². The third-order valence-electron chi connectivity index (χ3n) is 3.49. The third-order valence-corrected chi connectivity index (χ3v) is 4.21. The normalized spacial score (nSPS) is 23.2. The van der Waals surface area contributed by atoms with E-state index in [4.69, 9.17) is 4.74 Å². The number of ether oxygens (including phenoxy) is 1. The van der Waals surface area contributed by atoms with Crippen LogP contribution >= 0.6 is 22.6 Å². The summed E-state index contributed by atoms with van der Waals surface area (Å²) in [6.07, 6.45) is 0. The predicted octanol–water partition coefficient (Wildman–Crippen LogP) is 0.671. The number of hydrogen-bond donors (Lipinski definition) is 1.